The van der Waals surface area contributed by atoms with Crippen molar-refractivity contribution in [3.63, 3.8) is 0 Å². The number of likely N-dealkylation sites (N-methyl/N-ethyl adjacent to an activating group) is 1. The summed E-state index contributed by atoms with van der Waals surface area (Å²) in [6.45, 7) is 4.17. The highest BCUT2D eigenvalue weighted by molar-refractivity contribution is 5.80. The number of rotatable bonds is 5. The number of carbonyl (C=O) groups is 2. The van der Waals surface area contributed by atoms with E-state index in [0.29, 0.717) is 45.3 Å². The fourth-order valence-corrected chi connectivity index (χ4v) is 4.32. The fourth-order valence-electron chi connectivity index (χ4n) is 4.32. The van der Waals surface area contributed by atoms with Crippen LogP contribution < -0.4 is 20.9 Å². The molecular weight excluding hydrogens is 442 g/mol. The number of fused-ring (bicyclic) bond motifs is 1. The molecule has 34 heavy (non-hydrogen) atoms. The molecule has 2 saturated heterocycles. The van der Waals surface area contributed by atoms with Crippen LogP contribution >= 0.6 is 0 Å². The van der Waals surface area contributed by atoms with Crippen LogP contribution in [0, 0.1) is 0 Å². The Kier molecular flexibility index (Phi) is 6.01. The quantitative estimate of drug-likeness (QED) is 0.571. The predicted molar refractivity (Wildman–Crippen MR) is 122 cm³/mol. The molecule has 5 rings (SSSR count). The Bertz CT molecular complexity index is 1070. The molecule has 3 aliphatic heterocycles. The normalized spacial score (nSPS) is 17.9. The summed E-state index contributed by atoms with van der Waals surface area (Å²) in [7, 11) is 1.50. The van der Waals surface area contributed by atoms with Gasteiger partial charge in [0.2, 0.25) is 11.9 Å². The minimum atomic E-state index is -0.490. The van der Waals surface area contributed by atoms with Gasteiger partial charge < -0.3 is 35.2 Å². The van der Waals surface area contributed by atoms with Gasteiger partial charge in [-0.1, -0.05) is 0 Å². The molecule has 2 fully saturated rings. The van der Waals surface area contributed by atoms with Gasteiger partial charge in [0.1, 0.15) is 5.82 Å². The standard InChI is InChI=1S/C21H27N9O4/c1-23-16(31)12-34-21(32)29-10-14(11-29)30-3-2-15-17(13-8-24-19(22)25-9-13)26-20(27-18(15)30)28-4-6-33-7-5-28/h8-9,14H,2-7,10-12H2,1H3,(H,23,31)(H2,22,24,25). The van der Waals surface area contributed by atoms with E-state index < -0.39 is 6.09 Å². The van der Waals surface area contributed by atoms with E-state index in [1.54, 1.807) is 17.3 Å². The van der Waals surface area contributed by atoms with Crippen LogP contribution in [-0.4, -0.2) is 102 Å². The van der Waals surface area contributed by atoms with Crippen LogP contribution in [0.5, 0.6) is 0 Å². The summed E-state index contributed by atoms with van der Waals surface area (Å²) in [6, 6.07) is 0.108. The molecule has 5 heterocycles. The predicted octanol–water partition coefficient (Wildman–Crippen LogP) is -0.718. The maximum Gasteiger partial charge on any atom is 0.410 e. The van der Waals surface area contributed by atoms with Crippen LogP contribution in [0.4, 0.5) is 22.5 Å². The lowest BCUT2D eigenvalue weighted by atomic mass is 10.1. The van der Waals surface area contributed by atoms with E-state index in [1.165, 1.54) is 7.05 Å². The number of anilines is 3. The maximum absolute atomic E-state index is 12.2. The monoisotopic (exact) mass is 469 g/mol. The number of hydrogen-bond donors (Lipinski definition) is 2. The average molecular weight is 470 g/mol. The molecule has 0 unspecified atom stereocenters. The highest BCUT2D eigenvalue weighted by atomic mass is 16.6. The number of morpholine rings is 1. The third kappa shape index (κ3) is 4.25. The minimum Gasteiger partial charge on any atom is -0.439 e. The van der Waals surface area contributed by atoms with Gasteiger partial charge in [-0.25, -0.2) is 19.7 Å². The van der Waals surface area contributed by atoms with E-state index in [9.17, 15) is 9.59 Å². The number of nitrogens with two attached hydrogens (primary N) is 1. The zero-order valence-corrected chi connectivity index (χ0v) is 18.9. The Balaban J connectivity index is 1.38. The molecule has 13 nitrogen and oxygen atoms in total. The van der Waals surface area contributed by atoms with Crippen molar-refractivity contribution in [3.05, 3.63) is 18.0 Å². The van der Waals surface area contributed by atoms with Crippen LogP contribution in [0.25, 0.3) is 11.3 Å². The SMILES string of the molecule is CNC(=O)COC(=O)N1CC(N2CCc3c(-c4cnc(N)nc4)nc(N4CCOCC4)nc32)C1. The first-order valence-corrected chi connectivity index (χ1v) is 11.2. The van der Waals surface area contributed by atoms with Gasteiger partial charge in [-0.15, -0.1) is 0 Å². The van der Waals surface area contributed by atoms with Gasteiger partial charge in [-0.3, -0.25) is 4.79 Å². The van der Waals surface area contributed by atoms with E-state index in [-0.39, 0.29) is 24.5 Å². The Morgan fingerprint density at radius 3 is 2.62 bits per heavy atom. The van der Waals surface area contributed by atoms with Gasteiger partial charge in [-0.2, -0.15) is 4.98 Å². The first-order chi connectivity index (χ1) is 16.5. The molecule has 0 atom stereocenters. The maximum atomic E-state index is 12.2. The van der Waals surface area contributed by atoms with Crippen molar-refractivity contribution >= 4 is 29.7 Å². The lowest BCUT2D eigenvalue weighted by Gasteiger charge is -2.43. The van der Waals surface area contributed by atoms with Crippen molar-refractivity contribution in [2.45, 2.75) is 12.5 Å². The number of nitrogens with zero attached hydrogens (tertiary/aromatic N) is 7. The van der Waals surface area contributed by atoms with Crippen LogP contribution in [-0.2, 0) is 20.7 Å². The van der Waals surface area contributed by atoms with Gasteiger partial charge in [0.25, 0.3) is 5.91 Å². The Hall–Kier alpha value is -3.74. The largest absolute Gasteiger partial charge is 0.439 e. The summed E-state index contributed by atoms with van der Waals surface area (Å²) < 4.78 is 10.5. The second-order valence-electron chi connectivity index (χ2n) is 8.33. The van der Waals surface area contributed by atoms with Gasteiger partial charge in [-0.05, 0) is 6.42 Å². The molecule has 2 aromatic rings. The molecule has 0 saturated carbocycles. The van der Waals surface area contributed by atoms with Gasteiger partial charge >= 0.3 is 6.09 Å². The Morgan fingerprint density at radius 1 is 1.18 bits per heavy atom. The van der Waals surface area contributed by atoms with E-state index >= 15 is 0 Å². The van der Waals surface area contributed by atoms with Crippen LogP contribution in [0.1, 0.15) is 5.56 Å². The zero-order valence-electron chi connectivity index (χ0n) is 18.9. The van der Waals surface area contributed by atoms with E-state index in [0.717, 1.165) is 35.6 Å². The van der Waals surface area contributed by atoms with Crippen molar-refractivity contribution < 1.29 is 19.1 Å². The molecule has 0 aromatic carbocycles. The molecule has 0 aliphatic carbocycles. The summed E-state index contributed by atoms with van der Waals surface area (Å²) in [5, 5.41) is 2.43. The molecule has 0 radical (unpaired) electrons. The summed E-state index contributed by atoms with van der Waals surface area (Å²) in [5.41, 5.74) is 8.31. The van der Waals surface area contributed by atoms with E-state index in [2.05, 4.69) is 25.1 Å². The fraction of sp³-hybridized carbons (Fsp3) is 0.524. The van der Waals surface area contributed by atoms with E-state index in [4.69, 9.17) is 25.2 Å². The molecule has 0 bridgehead atoms. The van der Waals surface area contributed by atoms with Gasteiger partial charge in [0.05, 0.1) is 24.9 Å². The van der Waals surface area contributed by atoms with Crippen LogP contribution in [0.3, 0.4) is 0 Å². The lowest BCUT2D eigenvalue weighted by Crippen LogP contribution is -2.61. The molecule has 0 spiro atoms. The third-order valence-electron chi connectivity index (χ3n) is 6.25. The molecular formula is C21H27N9O4. The van der Waals surface area contributed by atoms with Crippen molar-refractivity contribution in [3.8, 4) is 11.3 Å². The summed E-state index contributed by atoms with van der Waals surface area (Å²) in [4.78, 5) is 47.6. The number of amides is 2. The summed E-state index contributed by atoms with van der Waals surface area (Å²) in [6.07, 6.45) is 3.65. The summed E-state index contributed by atoms with van der Waals surface area (Å²) in [5.74, 6) is 1.38. The smallest absolute Gasteiger partial charge is 0.410 e. The average Bonchev–Trinajstić information content (AvgIpc) is 3.25. The topological polar surface area (TPSA) is 152 Å². The Morgan fingerprint density at radius 2 is 1.91 bits per heavy atom. The highest BCUT2D eigenvalue weighted by Gasteiger charge is 2.40. The molecule has 2 aromatic heterocycles. The van der Waals surface area contributed by atoms with Crippen LogP contribution in [0.15, 0.2) is 12.4 Å². The zero-order chi connectivity index (χ0) is 23.7. The van der Waals surface area contributed by atoms with Crippen molar-refractivity contribution in [1.82, 2.24) is 30.2 Å². The number of likely N-dealkylation sites (tertiary alicyclic amines) is 1. The van der Waals surface area contributed by atoms with Crippen LogP contribution in [0.2, 0.25) is 0 Å². The van der Waals surface area contributed by atoms with Gasteiger partial charge in [0, 0.05) is 63.3 Å². The summed E-state index contributed by atoms with van der Waals surface area (Å²) >= 11 is 0. The van der Waals surface area contributed by atoms with Crippen molar-refractivity contribution in [2.75, 3.05) is 75.1 Å². The number of aromatic nitrogens is 4. The molecule has 13 heteroatoms. The lowest BCUT2D eigenvalue weighted by molar-refractivity contribution is -0.123. The number of nitrogen functional groups attached to an aromatic ring is 1. The second kappa shape index (κ2) is 9.25. The van der Waals surface area contributed by atoms with Crippen molar-refractivity contribution in [2.24, 2.45) is 0 Å². The number of hydrogen-bond acceptors (Lipinski definition) is 11. The highest BCUT2D eigenvalue weighted by Crippen LogP contribution is 2.37. The molecule has 180 valence electrons. The third-order valence-corrected chi connectivity index (χ3v) is 6.25. The number of ether oxygens (including phenoxy) is 2. The van der Waals surface area contributed by atoms with Crippen molar-refractivity contribution in [1.29, 1.82) is 0 Å². The molecule has 3 N–H and O–H groups in total. The minimum absolute atomic E-state index is 0.108. The second-order valence-corrected chi connectivity index (χ2v) is 8.33. The number of nitrogens with one attached hydrogen (secondary N) is 1. The first kappa shape index (κ1) is 22.1. The van der Waals surface area contributed by atoms with E-state index in [1.807, 2.05) is 0 Å². The molecule has 2 amide bonds. The first-order valence-electron chi connectivity index (χ1n) is 11.2. The van der Waals surface area contributed by atoms with Gasteiger partial charge in [0.15, 0.2) is 6.61 Å². The number of carbonyl (C=O) groups excluding carboxylic acids is 2. The Labute approximate surface area is 196 Å². The molecule has 3 aliphatic rings.